The van der Waals surface area contributed by atoms with Crippen LogP contribution in [0.3, 0.4) is 0 Å². The zero-order valence-electron chi connectivity index (χ0n) is 57.2. The Morgan fingerprint density at radius 3 is 1.20 bits per heavy atom. The fourth-order valence-corrected chi connectivity index (χ4v) is 17.0. The Morgan fingerprint density at radius 2 is 0.585 bits per heavy atom. The summed E-state index contributed by atoms with van der Waals surface area (Å²) in [6.45, 7) is 0. The molecule has 16 aromatic carbocycles. The Labute approximate surface area is 608 Å². The molecule has 0 radical (unpaired) electrons. The van der Waals surface area contributed by atoms with Crippen molar-refractivity contribution in [2.45, 2.75) is 0 Å². The van der Waals surface area contributed by atoms with Crippen LogP contribution in [0.5, 0.6) is 0 Å². The highest BCUT2D eigenvalue weighted by molar-refractivity contribution is 6.18. The Morgan fingerprint density at radius 1 is 0.189 bits per heavy atom. The van der Waals surface area contributed by atoms with Gasteiger partial charge < -0.3 is 18.3 Å². The number of fused-ring (bicyclic) bond motifs is 15. The first-order valence-corrected chi connectivity index (χ1v) is 36.1. The van der Waals surface area contributed by atoms with Crippen LogP contribution in [0, 0.1) is 0 Å². The molecule has 0 unspecified atom stereocenters. The highest BCUT2D eigenvalue weighted by Gasteiger charge is 2.24. The van der Waals surface area contributed by atoms with Gasteiger partial charge in [-0.05, 0) is 155 Å². The van der Waals surface area contributed by atoms with Crippen LogP contribution in [0.4, 0.5) is 0 Å². The third-order valence-corrected chi connectivity index (χ3v) is 21.7. The molecule has 0 N–H and O–H groups in total. The van der Waals surface area contributed by atoms with E-state index in [0.717, 1.165) is 144 Å². The van der Waals surface area contributed by atoms with Crippen molar-refractivity contribution in [1.29, 1.82) is 0 Å². The summed E-state index contributed by atoms with van der Waals surface area (Å²) in [6, 6.07) is 132. The molecule has 0 saturated carbocycles. The molecule has 0 spiro atoms. The Kier molecular flexibility index (Phi) is 13.2. The van der Waals surface area contributed by atoms with Gasteiger partial charge in [0.2, 0.25) is 0 Å². The molecule has 8 heteroatoms. The molecule has 0 atom stereocenters. The third-order valence-electron chi connectivity index (χ3n) is 21.7. The number of nitrogens with zero attached hydrogens (tertiary/aromatic N) is 8. The van der Waals surface area contributed by atoms with E-state index in [9.17, 15) is 0 Å². The minimum atomic E-state index is 0.657. The standard InChI is InChI=1S/C98H60N8/c1-3-23-61(24-4-1)80-58-68(48-52-90(80)106-88-42-19-12-32-76(88)82-59-70(51-54-92(82)106)104-85-39-16-9-29-73(85)74-30-10-17-40-86(74)104)98-100-84-38-15-8-34-78(84)96(102-98)66-28-21-27-65(56-66)72-36-22-44-93-94(72)79-35-13-20-43-89(79)105(93)71-50-53-91-81(60-71)75-31-11-18-41-87(75)103(91)69-49-47-63-55-67(46-45-64(63)57-69)97-99-83-37-14-7-33-77(83)95(101-97)62-25-5-2-6-26-62/h1-60H. The molecular formula is C98H60N8. The van der Waals surface area contributed by atoms with E-state index in [1.807, 2.05) is 12.1 Å². The zero-order chi connectivity index (χ0) is 69.5. The van der Waals surface area contributed by atoms with Gasteiger partial charge >= 0.3 is 0 Å². The first kappa shape index (κ1) is 59.4. The molecule has 0 bridgehead atoms. The third kappa shape index (κ3) is 9.27. The second kappa shape index (κ2) is 23.6. The van der Waals surface area contributed by atoms with E-state index in [-0.39, 0.29) is 0 Å². The number of para-hydroxylation sites is 7. The van der Waals surface area contributed by atoms with Gasteiger partial charge in [-0.3, -0.25) is 0 Å². The molecule has 0 aliphatic heterocycles. The molecule has 6 aromatic heterocycles. The summed E-state index contributed by atoms with van der Waals surface area (Å²) in [5, 5.41) is 13.9. The predicted molar refractivity (Wildman–Crippen MR) is 440 cm³/mol. The first-order chi connectivity index (χ1) is 52.6. The number of aromatic nitrogens is 8. The molecule has 8 nitrogen and oxygen atoms in total. The van der Waals surface area contributed by atoms with Gasteiger partial charge in [-0.2, -0.15) is 0 Å². The van der Waals surface area contributed by atoms with Crippen molar-refractivity contribution in [1.82, 2.24) is 38.2 Å². The summed E-state index contributed by atoms with van der Waals surface area (Å²) < 4.78 is 9.71. The number of rotatable bonds is 10. The molecule has 0 saturated heterocycles. The summed E-state index contributed by atoms with van der Waals surface area (Å²) in [6.07, 6.45) is 0. The smallest absolute Gasteiger partial charge is 0.160 e. The molecule has 22 rings (SSSR count). The Hall–Kier alpha value is -14.3. The van der Waals surface area contributed by atoms with E-state index >= 15 is 0 Å². The molecule has 0 amide bonds. The number of benzene rings is 16. The van der Waals surface area contributed by atoms with Crippen molar-refractivity contribution in [2.75, 3.05) is 0 Å². The quantitative estimate of drug-likeness (QED) is 0.137. The van der Waals surface area contributed by atoms with Gasteiger partial charge in [0.05, 0.1) is 72.2 Å². The van der Waals surface area contributed by atoms with Crippen molar-refractivity contribution in [2.24, 2.45) is 0 Å². The van der Waals surface area contributed by atoms with Gasteiger partial charge in [-0.25, -0.2) is 19.9 Å². The highest BCUT2D eigenvalue weighted by atomic mass is 15.0. The van der Waals surface area contributed by atoms with E-state index in [4.69, 9.17) is 19.9 Å². The molecule has 0 fully saturated rings. The Bertz CT molecular complexity index is 7350. The minimum Gasteiger partial charge on any atom is -0.309 e. The summed E-state index contributed by atoms with van der Waals surface area (Å²) in [4.78, 5) is 21.3. The minimum absolute atomic E-state index is 0.657. The zero-order valence-corrected chi connectivity index (χ0v) is 57.2. The number of hydrogen-bond donors (Lipinski definition) is 0. The number of hydrogen-bond acceptors (Lipinski definition) is 4. The van der Waals surface area contributed by atoms with Gasteiger partial charge in [0.15, 0.2) is 11.6 Å². The van der Waals surface area contributed by atoms with Crippen LogP contribution in [-0.4, -0.2) is 38.2 Å². The summed E-state index contributed by atoms with van der Waals surface area (Å²) >= 11 is 0. The van der Waals surface area contributed by atoms with Crippen LogP contribution in [0.25, 0.3) is 210 Å². The normalized spacial score (nSPS) is 12.0. The first-order valence-electron chi connectivity index (χ1n) is 36.1. The van der Waals surface area contributed by atoms with Gasteiger partial charge in [-0.1, -0.05) is 237 Å². The second-order valence-electron chi connectivity index (χ2n) is 27.6. The van der Waals surface area contributed by atoms with E-state index in [2.05, 4.69) is 370 Å². The second-order valence-corrected chi connectivity index (χ2v) is 27.6. The molecule has 6 heterocycles. The van der Waals surface area contributed by atoms with Crippen molar-refractivity contribution in [3.63, 3.8) is 0 Å². The topological polar surface area (TPSA) is 71.3 Å². The molecule has 492 valence electrons. The monoisotopic (exact) mass is 1350 g/mol. The molecule has 0 aliphatic rings. The van der Waals surface area contributed by atoms with Crippen molar-refractivity contribution in [3.05, 3.63) is 364 Å². The lowest BCUT2D eigenvalue weighted by Gasteiger charge is -2.17. The van der Waals surface area contributed by atoms with Gasteiger partial charge in [0, 0.05) is 98.7 Å². The van der Waals surface area contributed by atoms with Crippen molar-refractivity contribution in [3.8, 4) is 90.3 Å². The molecular weight excluding hydrogens is 1290 g/mol. The van der Waals surface area contributed by atoms with E-state index in [1.54, 1.807) is 0 Å². The van der Waals surface area contributed by atoms with Gasteiger partial charge in [-0.15, -0.1) is 0 Å². The fraction of sp³-hybridized carbons (Fsp3) is 0. The van der Waals surface area contributed by atoms with E-state index in [1.165, 1.54) is 54.1 Å². The largest absolute Gasteiger partial charge is 0.309 e. The average Bonchev–Trinajstić information content (AvgIpc) is 1.57. The maximum Gasteiger partial charge on any atom is 0.160 e. The summed E-state index contributed by atoms with van der Waals surface area (Å²) in [7, 11) is 0. The lowest BCUT2D eigenvalue weighted by atomic mass is 9.96. The summed E-state index contributed by atoms with van der Waals surface area (Å²) in [5.74, 6) is 1.36. The van der Waals surface area contributed by atoms with Crippen LogP contribution in [0.1, 0.15) is 0 Å². The fourth-order valence-electron chi connectivity index (χ4n) is 17.0. The van der Waals surface area contributed by atoms with Crippen LogP contribution in [0.2, 0.25) is 0 Å². The predicted octanol–water partition coefficient (Wildman–Crippen LogP) is 25.1. The Balaban J connectivity index is 0.632. The van der Waals surface area contributed by atoms with Crippen LogP contribution in [-0.2, 0) is 0 Å². The van der Waals surface area contributed by atoms with E-state index < -0.39 is 0 Å². The van der Waals surface area contributed by atoms with Gasteiger partial charge in [0.25, 0.3) is 0 Å². The summed E-state index contributed by atoms with van der Waals surface area (Å²) in [5.41, 5.74) is 25.6. The maximum atomic E-state index is 5.62. The van der Waals surface area contributed by atoms with Crippen molar-refractivity contribution >= 4 is 120 Å². The van der Waals surface area contributed by atoms with Crippen LogP contribution in [0.15, 0.2) is 364 Å². The molecule has 0 aliphatic carbocycles. The molecule has 106 heavy (non-hydrogen) atoms. The van der Waals surface area contributed by atoms with Crippen LogP contribution >= 0.6 is 0 Å². The molecule has 22 aromatic rings. The lowest BCUT2D eigenvalue weighted by Crippen LogP contribution is -2.00. The maximum absolute atomic E-state index is 5.62. The highest BCUT2D eigenvalue weighted by Crippen LogP contribution is 2.45. The van der Waals surface area contributed by atoms with Crippen molar-refractivity contribution < 1.29 is 0 Å². The lowest BCUT2D eigenvalue weighted by molar-refractivity contribution is 1.16. The van der Waals surface area contributed by atoms with E-state index in [0.29, 0.717) is 11.6 Å². The SMILES string of the molecule is c1ccc(-c2cc(-c3nc(-c4cccc(-c5cccc6c5c5ccccc5n6-c5ccc6c(c5)c5ccccc5n6-c5ccc6cc(-c7nc(-c8ccccc8)c8ccccc8n7)ccc6c5)c4)c4ccccc4n3)ccc2-n2c3ccccc3c3cc(-n4c5ccccc5c5ccccc54)ccc32)cc1. The van der Waals surface area contributed by atoms with Gasteiger partial charge in [0.1, 0.15) is 0 Å². The van der Waals surface area contributed by atoms with Crippen LogP contribution < -0.4 is 0 Å². The average molecular weight is 1350 g/mol.